The van der Waals surface area contributed by atoms with Gasteiger partial charge in [0.15, 0.2) is 6.29 Å². The van der Waals surface area contributed by atoms with Crippen LogP contribution in [0.15, 0.2) is 23.3 Å². The first kappa shape index (κ1) is 25.9. The maximum Gasteiger partial charge on any atom is 0.154 e. The maximum absolute atomic E-state index is 12.1. The van der Waals surface area contributed by atoms with Crippen LogP contribution in [0.1, 0.15) is 75.4 Å². The van der Waals surface area contributed by atoms with Gasteiger partial charge in [-0.25, -0.2) is 0 Å². The zero-order valence-corrected chi connectivity index (χ0v) is 19.4. The molecule has 0 saturated heterocycles. The van der Waals surface area contributed by atoms with E-state index in [0.29, 0.717) is 24.7 Å². The number of phenols is 2. The van der Waals surface area contributed by atoms with Gasteiger partial charge >= 0.3 is 0 Å². The Morgan fingerprint density at radius 2 is 1.73 bits per heavy atom. The van der Waals surface area contributed by atoms with Crippen LogP contribution in [0.25, 0.3) is 0 Å². The second-order valence-corrected chi connectivity index (χ2v) is 9.16. The summed E-state index contributed by atoms with van der Waals surface area (Å²) < 4.78 is 0. The minimum absolute atomic E-state index is 0.0184. The molecule has 0 saturated carbocycles. The van der Waals surface area contributed by atoms with Gasteiger partial charge in [-0.1, -0.05) is 50.1 Å². The average Bonchev–Trinajstić information content (AvgIpc) is 2.65. The van der Waals surface area contributed by atoms with Gasteiger partial charge in [-0.15, -0.1) is 0 Å². The van der Waals surface area contributed by atoms with Gasteiger partial charge < -0.3 is 15.3 Å². The molecule has 0 aliphatic carbocycles. The molecule has 0 bridgehead atoms. The Bertz CT molecular complexity index is 860. The molecule has 1 aromatic rings. The Labute approximate surface area is 184 Å². The van der Waals surface area contributed by atoms with Crippen molar-refractivity contribution in [1.82, 2.24) is 0 Å². The van der Waals surface area contributed by atoms with Crippen LogP contribution in [0.4, 0.5) is 0 Å². The van der Waals surface area contributed by atoms with Gasteiger partial charge in [0.2, 0.25) is 0 Å². The van der Waals surface area contributed by atoms with Crippen LogP contribution < -0.4 is 0 Å². The van der Waals surface area contributed by atoms with Crippen molar-refractivity contribution < 1.29 is 24.9 Å². The Morgan fingerprint density at radius 1 is 1.13 bits per heavy atom. The van der Waals surface area contributed by atoms with Crippen molar-refractivity contribution in [2.75, 3.05) is 0 Å². The topological polar surface area (TPSA) is 94.8 Å². The zero-order valence-electron chi connectivity index (χ0n) is 18.7. The zero-order chi connectivity index (χ0) is 23.2. The van der Waals surface area contributed by atoms with Crippen LogP contribution in [0.3, 0.4) is 0 Å². The van der Waals surface area contributed by atoms with Gasteiger partial charge in [0.05, 0.1) is 16.7 Å². The number of ketones is 1. The smallest absolute Gasteiger partial charge is 0.154 e. The Morgan fingerprint density at radius 3 is 2.27 bits per heavy atom. The number of allylic oxidation sites excluding steroid dienone is 3. The third-order valence-electron chi connectivity index (χ3n) is 5.29. The van der Waals surface area contributed by atoms with Crippen LogP contribution in [-0.2, 0) is 11.2 Å². The summed E-state index contributed by atoms with van der Waals surface area (Å²) in [6, 6.07) is 0. The lowest BCUT2D eigenvalue weighted by Gasteiger charge is -2.19. The molecule has 1 aromatic carbocycles. The molecule has 30 heavy (non-hydrogen) atoms. The highest BCUT2D eigenvalue weighted by molar-refractivity contribution is 6.33. The number of aldehydes is 1. The van der Waals surface area contributed by atoms with E-state index in [2.05, 4.69) is 0 Å². The van der Waals surface area contributed by atoms with E-state index < -0.39 is 11.5 Å². The molecule has 166 valence electrons. The Balaban J connectivity index is 2.78. The summed E-state index contributed by atoms with van der Waals surface area (Å²) in [4.78, 5) is 23.3. The first-order valence-electron chi connectivity index (χ1n) is 10.0. The molecule has 1 rings (SSSR count). The highest BCUT2D eigenvalue weighted by atomic mass is 35.5. The maximum atomic E-state index is 12.1. The summed E-state index contributed by atoms with van der Waals surface area (Å²) in [5, 5.41) is 30.8. The third-order valence-corrected chi connectivity index (χ3v) is 5.75. The second-order valence-electron chi connectivity index (χ2n) is 8.78. The number of aliphatic hydroxyl groups is 1. The number of benzene rings is 1. The van der Waals surface area contributed by atoms with E-state index in [0.717, 1.165) is 11.1 Å². The molecule has 1 unspecified atom stereocenters. The van der Waals surface area contributed by atoms with E-state index in [9.17, 15) is 24.9 Å². The number of carbonyl (C=O) groups excluding carboxylic acids is 2. The molecule has 0 radical (unpaired) electrons. The summed E-state index contributed by atoms with van der Waals surface area (Å²) in [6.07, 6.45) is 5.24. The van der Waals surface area contributed by atoms with Crippen LogP contribution in [0.2, 0.25) is 5.02 Å². The number of rotatable bonds is 9. The predicted molar refractivity (Wildman–Crippen MR) is 120 cm³/mol. The lowest BCUT2D eigenvalue weighted by molar-refractivity contribution is -0.127. The summed E-state index contributed by atoms with van der Waals surface area (Å²) >= 11 is 6.07. The molecule has 3 N–H and O–H groups in total. The van der Waals surface area contributed by atoms with E-state index in [4.69, 9.17) is 11.6 Å². The number of aromatic hydroxyl groups is 2. The van der Waals surface area contributed by atoms with Crippen molar-refractivity contribution in [3.8, 4) is 11.5 Å². The number of hydrogen-bond acceptors (Lipinski definition) is 5. The van der Waals surface area contributed by atoms with Crippen LogP contribution >= 0.6 is 11.6 Å². The number of carbonyl (C=O) groups is 2. The van der Waals surface area contributed by atoms with E-state index >= 15 is 0 Å². The fraction of sp³-hybridized carbons (Fsp3) is 0.500. The van der Waals surface area contributed by atoms with Crippen LogP contribution in [0.5, 0.6) is 11.5 Å². The van der Waals surface area contributed by atoms with Gasteiger partial charge in [-0.05, 0) is 51.2 Å². The Kier molecular flexibility index (Phi) is 9.32. The van der Waals surface area contributed by atoms with Gasteiger partial charge in [-0.3, -0.25) is 9.59 Å². The normalized spacial score (nSPS) is 14.0. The number of aliphatic hydroxyl groups excluding tert-OH is 1. The average molecular weight is 437 g/mol. The van der Waals surface area contributed by atoms with Crippen molar-refractivity contribution >= 4 is 23.7 Å². The first-order chi connectivity index (χ1) is 13.8. The molecule has 6 heteroatoms. The first-order valence-corrected chi connectivity index (χ1v) is 10.4. The molecular weight excluding hydrogens is 404 g/mol. The van der Waals surface area contributed by atoms with E-state index in [1.807, 2.05) is 46.8 Å². The molecule has 5 nitrogen and oxygen atoms in total. The molecule has 1 atom stereocenters. The molecule has 0 spiro atoms. The summed E-state index contributed by atoms with van der Waals surface area (Å²) in [6.45, 7) is 10.8. The standard InChI is InChI=1S/C24H33ClO5/c1-14(8-7-9-15(2)19(27)12-20(28)24(4,5)6)10-11-17-22(29)18(13-26)16(3)21(25)23(17)30/h9-10,13,19,27,29-30H,7-8,11-12H2,1-6H3/b14-10+,15-9+. The molecule has 0 heterocycles. The lowest BCUT2D eigenvalue weighted by Crippen LogP contribution is -2.25. The molecule has 0 aliphatic rings. The van der Waals surface area contributed by atoms with Crippen LogP contribution in [-0.4, -0.2) is 33.5 Å². The Hall–Kier alpha value is -2.11. The fourth-order valence-electron chi connectivity index (χ4n) is 2.90. The molecule has 0 aromatic heterocycles. The van der Waals surface area contributed by atoms with E-state index in [1.165, 1.54) is 0 Å². The van der Waals surface area contributed by atoms with E-state index in [1.54, 1.807) is 6.92 Å². The van der Waals surface area contributed by atoms with Gasteiger partial charge in [0, 0.05) is 17.4 Å². The number of phenolic OH excluding ortho intramolecular Hbond substituents is 2. The third kappa shape index (κ3) is 6.71. The SMILES string of the molecule is C/C(=C\Cc1c(O)c(Cl)c(C)c(C=O)c1O)CC/C=C(\C)C(O)CC(=O)C(C)(C)C. The molecule has 0 aliphatic heterocycles. The van der Waals surface area contributed by atoms with E-state index in [-0.39, 0.29) is 46.3 Å². The van der Waals surface area contributed by atoms with Crippen molar-refractivity contribution in [2.24, 2.45) is 5.41 Å². The minimum Gasteiger partial charge on any atom is -0.507 e. The minimum atomic E-state index is -0.786. The quantitative estimate of drug-likeness (QED) is 0.353. The van der Waals surface area contributed by atoms with Crippen LogP contribution in [0, 0.1) is 12.3 Å². The summed E-state index contributed by atoms with van der Waals surface area (Å²) in [5.41, 5.74) is 1.95. The number of halogens is 1. The van der Waals surface area contributed by atoms with Crippen molar-refractivity contribution in [3.05, 3.63) is 45.0 Å². The van der Waals surface area contributed by atoms with Gasteiger partial charge in [-0.2, -0.15) is 0 Å². The number of hydrogen-bond donors (Lipinski definition) is 3. The summed E-state index contributed by atoms with van der Waals surface area (Å²) in [5.74, 6) is -0.454. The lowest BCUT2D eigenvalue weighted by atomic mass is 9.86. The second kappa shape index (κ2) is 10.8. The molecular formula is C24H33ClO5. The number of Topliss-reactive ketones (excluding diaryl/α,β-unsaturated/α-hetero) is 1. The van der Waals surface area contributed by atoms with Crippen molar-refractivity contribution in [1.29, 1.82) is 0 Å². The molecule has 0 amide bonds. The predicted octanol–water partition coefficient (Wildman–Crippen LogP) is 5.45. The van der Waals surface area contributed by atoms with Crippen molar-refractivity contribution in [2.45, 2.75) is 73.3 Å². The van der Waals surface area contributed by atoms with Gasteiger partial charge in [0.25, 0.3) is 0 Å². The fourth-order valence-corrected chi connectivity index (χ4v) is 3.12. The highest BCUT2D eigenvalue weighted by Crippen LogP contribution is 2.40. The highest BCUT2D eigenvalue weighted by Gasteiger charge is 2.24. The molecule has 0 fully saturated rings. The monoisotopic (exact) mass is 436 g/mol. The summed E-state index contributed by atoms with van der Waals surface area (Å²) in [7, 11) is 0. The largest absolute Gasteiger partial charge is 0.507 e. The van der Waals surface area contributed by atoms with Crippen molar-refractivity contribution in [3.63, 3.8) is 0 Å². The van der Waals surface area contributed by atoms with Gasteiger partial charge in [0.1, 0.15) is 17.3 Å².